The molecule has 4 heteroatoms. The second kappa shape index (κ2) is 5.19. The van der Waals surface area contributed by atoms with Crippen LogP contribution < -0.4 is 5.32 Å². The van der Waals surface area contributed by atoms with Gasteiger partial charge in [0.1, 0.15) is 11.5 Å². The van der Waals surface area contributed by atoms with Crippen molar-refractivity contribution in [1.29, 1.82) is 0 Å². The Morgan fingerprint density at radius 2 is 2.24 bits per heavy atom. The monoisotopic (exact) mass is 253 g/mol. The molecule has 1 saturated heterocycles. The molecule has 1 atom stereocenters. The summed E-state index contributed by atoms with van der Waals surface area (Å²) in [5, 5.41) is 22.2. The lowest BCUT2D eigenvalue weighted by Crippen LogP contribution is -2.32. The maximum atomic E-state index is 9.64. The van der Waals surface area contributed by atoms with Crippen LogP contribution in [0.25, 0.3) is 0 Å². The number of aromatic hydroxyl groups is 2. The molecule has 0 radical (unpaired) electrons. The number of benzene rings is 1. The molecular weight excluding hydrogens is 234 g/mol. The Balaban J connectivity index is 1.85. The topological polar surface area (TPSA) is 52.5 Å². The second-order valence-corrected chi connectivity index (χ2v) is 6.50. The third-order valence-corrected chi connectivity index (χ3v) is 4.72. The van der Waals surface area contributed by atoms with Crippen molar-refractivity contribution in [3.8, 4) is 11.5 Å². The van der Waals surface area contributed by atoms with Crippen LogP contribution in [0.4, 0.5) is 0 Å². The Kier molecular flexibility index (Phi) is 3.84. The maximum Gasteiger partial charge on any atom is 0.123 e. The first-order valence-electron chi connectivity index (χ1n) is 5.95. The molecule has 0 spiro atoms. The molecule has 1 unspecified atom stereocenters. The summed E-state index contributed by atoms with van der Waals surface area (Å²) in [6, 6.07) is 4.73. The first-order chi connectivity index (χ1) is 8.09. The van der Waals surface area contributed by atoms with E-state index in [0.717, 1.165) is 12.1 Å². The van der Waals surface area contributed by atoms with E-state index in [9.17, 15) is 10.2 Å². The number of phenolic OH excluding ortho intramolecular Hbond substituents is 2. The van der Waals surface area contributed by atoms with Crippen LogP contribution in [0, 0.1) is 0 Å². The fourth-order valence-corrected chi connectivity index (χ4v) is 3.41. The molecule has 0 aliphatic carbocycles. The van der Waals surface area contributed by atoms with E-state index in [4.69, 9.17) is 0 Å². The third kappa shape index (κ3) is 3.30. The normalized spacial score (nSPS) is 24.1. The average Bonchev–Trinajstić information content (AvgIpc) is 2.69. The van der Waals surface area contributed by atoms with Gasteiger partial charge in [0.25, 0.3) is 0 Å². The Labute approximate surface area is 106 Å². The van der Waals surface area contributed by atoms with E-state index in [1.54, 1.807) is 12.1 Å². The number of hydrogen-bond donors (Lipinski definition) is 3. The van der Waals surface area contributed by atoms with Crippen LogP contribution in [0.2, 0.25) is 0 Å². The van der Waals surface area contributed by atoms with Crippen LogP contribution in [0.15, 0.2) is 18.2 Å². The van der Waals surface area contributed by atoms with Crippen molar-refractivity contribution in [2.45, 2.75) is 31.1 Å². The molecule has 2 rings (SSSR count). The van der Waals surface area contributed by atoms with E-state index < -0.39 is 0 Å². The quantitative estimate of drug-likeness (QED) is 0.771. The highest BCUT2D eigenvalue weighted by Gasteiger charge is 2.28. The summed E-state index contributed by atoms with van der Waals surface area (Å²) in [4.78, 5) is 0. The van der Waals surface area contributed by atoms with Gasteiger partial charge in [-0.15, -0.1) is 0 Å². The molecule has 0 saturated carbocycles. The van der Waals surface area contributed by atoms with Gasteiger partial charge in [-0.3, -0.25) is 0 Å². The third-order valence-electron chi connectivity index (χ3n) is 3.18. The molecule has 1 aliphatic heterocycles. The van der Waals surface area contributed by atoms with Crippen LogP contribution in [0.5, 0.6) is 11.5 Å². The van der Waals surface area contributed by atoms with Gasteiger partial charge in [0, 0.05) is 29.5 Å². The van der Waals surface area contributed by atoms with Gasteiger partial charge in [0.15, 0.2) is 0 Å². The molecule has 17 heavy (non-hydrogen) atoms. The van der Waals surface area contributed by atoms with E-state index in [1.165, 1.54) is 24.7 Å². The molecule has 1 fully saturated rings. The number of phenols is 2. The molecule has 94 valence electrons. The minimum atomic E-state index is 0.101. The Morgan fingerprint density at radius 3 is 2.88 bits per heavy atom. The summed E-state index contributed by atoms with van der Waals surface area (Å²) in [6.07, 6.45) is 2.56. The summed E-state index contributed by atoms with van der Waals surface area (Å²) in [5.41, 5.74) is 0.828. The molecule has 1 aromatic rings. The van der Waals surface area contributed by atoms with Gasteiger partial charge >= 0.3 is 0 Å². The van der Waals surface area contributed by atoms with Gasteiger partial charge < -0.3 is 15.5 Å². The van der Waals surface area contributed by atoms with Gasteiger partial charge in [-0.25, -0.2) is 0 Å². The van der Waals surface area contributed by atoms with Crippen LogP contribution in [-0.2, 0) is 6.54 Å². The lowest BCUT2D eigenvalue weighted by Gasteiger charge is -2.23. The van der Waals surface area contributed by atoms with E-state index in [1.807, 2.05) is 11.8 Å². The van der Waals surface area contributed by atoms with Crippen LogP contribution in [-0.4, -0.2) is 27.3 Å². The molecule has 3 nitrogen and oxygen atoms in total. The largest absolute Gasteiger partial charge is 0.508 e. The van der Waals surface area contributed by atoms with E-state index in [-0.39, 0.29) is 11.5 Å². The zero-order valence-electron chi connectivity index (χ0n) is 10.1. The van der Waals surface area contributed by atoms with Crippen molar-refractivity contribution in [3.05, 3.63) is 23.8 Å². The van der Waals surface area contributed by atoms with Crippen LogP contribution >= 0.6 is 11.8 Å². The molecule has 0 amide bonds. The van der Waals surface area contributed by atoms with Gasteiger partial charge in [-0.1, -0.05) is 6.07 Å². The fourth-order valence-electron chi connectivity index (χ4n) is 2.14. The molecule has 1 aromatic carbocycles. The summed E-state index contributed by atoms with van der Waals surface area (Å²) in [7, 11) is 0. The standard InChI is InChI=1S/C13H19NO2S/c1-13(5-2-6-17-13)9-14-8-10-3-4-11(15)7-12(10)16/h3-4,7,14-16H,2,5-6,8-9H2,1H3. The minimum Gasteiger partial charge on any atom is -0.508 e. The number of nitrogens with one attached hydrogen (secondary N) is 1. The van der Waals surface area contributed by atoms with E-state index >= 15 is 0 Å². The number of hydrogen-bond acceptors (Lipinski definition) is 4. The first-order valence-corrected chi connectivity index (χ1v) is 6.93. The molecule has 3 N–H and O–H groups in total. The molecular formula is C13H19NO2S. The zero-order chi connectivity index (χ0) is 12.3. The summed E-state index contributed by atoms with van der Waals surface area (Å²) in [5.74, 6) is 1.51. The van der Waals surface area contributed by atoms with Crippen molar-refractivity contribution in [2.75, 3.05) is 12.3 Å². The van der Waals surface area contributed by atoms with Crippen molar-refractivity contribution in [1.82, 2.24) is 5.32 Å². The average molecular weight is 253 g/mol. The predicted molar refractivity (Wildman–Crippen MR) is 71.6 cm³/mol. The fraction of sp³-hybridized carbons (Fsp3) is 0.538. The molecule has 0 aromatic heterocycles. The Bertz CT molecular complexity index is 389. The van der Waals surface area contributed by atoms with Crippen molar-refractivity contribution in [2.24, 2.45) is 0 Å². The number of thioether (sulfide) groups is 1. The predicted octanol–water partition coefficient (Wildman–Crippen LogP) is 2.47. The molecule has 1 aliphatic rings. The van der Waals surface area contributed by atoms with Crippen LogP contribution in [0.3, 0.4) is 0 Å². The van der Waals surface area contributed by atoms with Crippen molar-refractivity contribution in [3.63, 3.8) is 0 Å². The first kappa shape index (κ1) is 12.6. The summed E-state index contributed by atoms with van der Waals surface area (Å²) >= 11 is 2.02. The lowest BCUT2D eigenvalue weighted by molar-refractivity contribution is 0.442. The minimum absolute atomic E-state index is 0.101. The summed E-state index contributed by atoms with van der Waals surface area (Å²) < 4.78 is 0.340. The van der Waals surface area contributed by atoms with Gasteiger partial charge in [0.2, 0.25) is 0 Å². The highest BCUT2D eigenvalue weighted by atomic mass is 32.2. The van der Waals surface area contributed by atoms with E-state index in [0.29, 0.717) is 11.3 Å². The molecule has 1 heterocycles. The van der Waals surface area contributed by atoms with Crippen molar-refractivity contribution < 1.29 is 10.2 Å². The Morgan fingerprint density at radius 1 is 1.41 bits per heavy atom. The Hall–Kier alpha value is -0.870. The summed E-state index contributed by atoms with van der Waals surface area (Å²) in [6.45, 7) is 3.88. The van der Waals surface area contributed by atoms with Crippen molar-refractivity contribution >= 4 is 11.8 Å². The highest BCUT2D eigenvalue weighted by Crippen LogP contribution is 2.37. The second-order valence-electron chi connectivity index (χ2n) is 4.82. The smallest absolute Gasteiger partial charge is 0.123 e. The SMILES string of the molecule is CC1(CNCc2ccc(O)cc2O)CCCS1. The highest BCUT2D eigenvalue weighted by molar-refractivity contribution is 8.00. The maximum absolute atomic E-state index is 9.64. The van der Waals surface area contributed by atoms with Gasteiger partial charge in [-0.05, 0) is 31.6 Å². The lowest BCUT2D eigenvalue weighted by atomic mass is 10.1. The van der Waals surface area contributed by atoms with E-state index in [2.05, 4.69) is 12.2 Å². The van der Waals surface area contributed by atoms with Gasteiger partial charge in [-0.2, -0.15) is 11.8 Å². The van der Waals surface area contributed by atoms with Crippen LogP contribution in [0.1, 0.15) is 25.3 Å². The number of rotatable bonds is 4. The van der Waals surface area contributed by atoms with Gasteiger partial charge in [0.05, 0.1) is 0 Å². The zero-order valence-corrected chi connectivity index (χ0v) is 10.9. The molecule has 0 bridgehead atoms.